The summed E-state index contributed by atoms with van der Waals surface area (Å²) in [7, 11) is 0. The minimum atomic E-state index is 0.0184. The maximum Gasteiger partial charge on any atom is 0.151 e. The Morgan fingerprint density at radius 2 is 2.03 bits per heavy atom. The fraction of sp³-hybridized carbons (Fsp3) is 0.0833. The number of aromatic nitrogens is 2. The number of benzene rings is 1. The normalized spacial score (nSPS) is 14.8. The first kappa shape index (κ1) is 20.6. The van der Waals surface area contributed by atoms with E-state index >= 15 is 0 Å². The minimum absolute atomic E-state index is 0.0184. The molecule has 0 atom stereocenters. The summed E-state index contributed by atoms with van der Waals surface area (Å²) < 4.78 is 0. The van der Waals surface area contributed by atoms with Gasteiger partial charge in [-0.3, -0.25) is 15.4 Å². The third kappa shape index (κ3) is 4.13. The lowest BCUT2D eigenvalue weighted by atomic mass is 9.89. The van der Waals surface area contributed by atoms with E-state index in [0.29, 0.717) is 34.7 Å². The average Bonchev–Trinajstić information content (AvgIpc) is 2.83. The lowest BCUT2D eigenvalue weighted by Crippen LogP contribution is -2.35. The van der Waals surface area contributed by atoms with E-state index in [0.717, 1.165) is 16.8 Å². The van der Waals surface area contributed by atoms with Gasteiger partial charge in [-0.05, 0) is 48.4 Å². The van der Waals surface area contributed by atoms with Crippen LogP contribution in [0.25, 0.3) is 11.3 Å². The Kier molecular flexibility index (Phi) is 5.81. The van der Waals surface area contributed by atoms with Gasteiger partial charge in [0.05, 0.1) is 29.6 Å². The van der Waals surface area contributed by atoms with Gasteiger partial charge in [0.15, 0.2) is 5.84 Å². The fourth-order valence-electron chi connectivity index (χ4n) is 3.36. The number of amidine groups is 1. The van der Waals surface area contributed by atoms with Gasteiger partial charge in [0.2, 0.25) is 0 Å². The van der Waals surface area contributed by atoms with Gasteiger partial charge in [-0.2, -0.15) is 10.4 Å². The zero-order chi connectivity index (χ0) is 22.5. The predicted molar refractivity (Wildman–Crippen MR) is 125 cm³/mol. The number of nitrogens with one attached hydrogen (secondary N) is 2. The molecule has 0 spiro atoms. The van der Waals surface area contributed by atoms with Crippen molar-refractivity contribution in [3.05, 3.63) is 95.1 Å². The van der Waals surface area contributed by atoms with Crippen molar-refractivity contribution >= 4 is 28.5 Å². The first-order chi connectivity index (χ1) is 15.6. The van der Waals surface area contributed by atoms with Gasteiger partial charge in [0.1, 0.15) is 11.4 Å². The molecule has 1 aliphatic heterocycles. The van der Waals surface area contributed by atoms with Gasteiger partial charge in [-0.25, -0.2) is 4.99 Å². The Labute approximate surface area is 185 Å². The summed E-state index contributed by atoms with van der Waals surface area (Å²) in [4.78, 5) is 13.0. The number of aliphatic imine (C=N–C) groups is 1. The number of rotatable bonds is 5. The summed E-state index contributed by atoms with van der Waals surface area (Å²) in [5.41, 5.74) is 14.5. The first-order valence-electron chi connectivity index (χ1n) is 9.88. The van der Waals surface area contributed by atoms with Gasteiger partial charge in [0.25, 0.3) is 0 Å². The van der Waals surface area contributed by atoms with Crippen LogP contribution in [0.4, 0.5) is 0 Å². The molecule has 32 heavy (non-hydrogen) atoms. The monoisotopic (exact) mass is 420 g/mol. The van der Waals surface area contributed by atoms with E-state index in [1.165, 1.54) is 0 Å². The Morgan fingerprint density at radius 1 is 1.16 bits per heavy atom. The summed E-state index contributed by atoms with van der Waals surface area (Å²) in [6.45, 7) is 2.32. The molecule has 8 heteroatoms. The van der Waals surface area contributed by atoms with Gasteiger partial charge in [-0.15, -0.1) is 0 Å². The zero-order valence-corrected chi connectivity index (χ0v) is 17.4. The largest absolute Gasteiger partial charge is 0.382 e. The summed E-state index contributed by atoms with van der Waals surface area (Å²) in [5.74, 6) is 0.0520. The van der Waals surface area contributed by atoms with Crippen molar-refractivity contribution in [2.24, 2.45) is 15.8 Å². The van der Waals surface area contributed by atoms with E-state index in [1.54, 1.807) is 36.8 Å². The molecule has 4 N–H and O–H groups in total. The topological polar surface area (TPSA) is 136 Å². The summed E-state index contributed by atoms with van der Waals surface area (Å²) in [6, 6.07) is 16.8. The van der Waals surface area contributed by atoms with Crippen LogP contribution in [0.1, 0.15) is 27.9 Å². The minimum Gasteiger partial charge on any atom is -0.382 e. The molecular weight excluding hydrogens is 400 g/mol. The molecule has 1 aromatic carbocycles. The highest BCUT2D eigenvalue weighted by Crippen LogP contribution is 2.33. The van der Waals surface area contributed by atoms with E-state index in [4.69, 9.17) is 11.1 Å². The van der Waals surface area contributed by atoms with Crippen molar-refractivity contribution in [1.29, 1.82) is 10.7 Å². The molecule has 156 valence electrons. The van der Waals surface area contributed by atoms with Gasteiger partial charge < -0.3 is 11.2 Å². The molecule has 3 heterocycles. The number of nitrogens with two attached hydrogens (primary N) is 1. The van der Waals surface area contributed by atoms with E-state index in [9.17, 15) is 5.26 Å². The van der Waals surface area contributed by atoms with Crippen molar-refractivity contribution in [1.82, 2.24) is 15.4 Å². The van der Waals surface area contributed by atoms with Crippen LogP contribution in [0.15, 0.2) is 77.2 Å². The summed E-state index contributed by atoms with van der Waals surface area (Å²) in [5, 5.41) is 22.4. The molecular formula is C24H20N8. The van der Waals surface area contributed by atoms with Crippen LogP contribution in [0.2, 0.25) is 0 Å². The van der Waals surface area contributed by atoms with E-state index < -0.39 is 0 Å². The van der Waals surface area contributed by atoms with Crippen molar-refractivity contribution in [2.45, 2.75) is 13.5 Å². The Morgan fingerprint density at radius 3 is 2.78 bits per heavy atom. The van der Waals surface area contributed by atoms with Crippen LogP contribution in [-0.4, -0.2) is 27.2 Å². The molecule has 8 nitrogen and oxygen atoms in total. The molecule has 0 aliphatic carbocycles. The lowest BCUT2D eigenvalue weighted by Gasteiger charge is -2.22. The third-order valence-electron chi connectivity index (χ3n) is 4.93. The summed E-state index contributed by atoms with van der Waals surface area (Å²) >= 11 is 0. The molecule has 0 unspecified atom stereocenters. The van der Waals surface area contributed by atoms with Crippen LogP contribution in [0, 0.1) is 23.7 Å². The number of pyridine rings is 2. The fourth-order valence-corrected chi connectivity index (χ4v) is 3.36. The van der Waals surface area contributed by atoms with E-state index in [1.807, 2.05) is 37.3 Å². The second-order valence-corrected chi connectivity index (χ2v) is 7.10. The van der Waals surface area contributed by atoms with Gasteiger partial charge in [-0.1, -0.05) is 18.2 Å². The van der Waals surface area contributed by atoms with Crippen LogP contribution < -0.4 is 11.2 Å². The predicted octanol–water partition coefficient (Wildman–Crippen LogP) is 3.06. The molecule has 0 saturated heterocycles. The van der Waals surface area contributed by atoms with Crippen molar-refractivity contribution < 1.29 is 0 Å². The quantitative estimate of drug-likeness (QED) is 0.545. The number of nitrogens with zero attached hydrogens (tertiary/aromatic N) is 5. The van der Waals surface area contributed by atoms with Crippen molar-refractivity contribution in [2.75, 3.05) is 0 Å². The second kappa shape index (κ2) is 9.02. The highest BCUT2D eigenvalue weighted by atomic mass is 15.3. The first-order valence-corrected chi connectivity index (χ1v) is 9.88. The average molecular weight is 420 g/mol. The number of hydrazone groups is 1. The van der Waals surface area contributed by atoms with Gasteiger partial charge >= 0.3 is 0 Å². The smallest absolute Gasteiger partial charge is 0.151 e. The van der Waals surface area contributed by atoms with Crippen LogP contribution in [0.5, 0.6) is 0 Å². The molecule has 2 aromatic heterocycles. The lowest BCUT2D eigenvalue weighted by molar-refractivity contribution is 0.728. The Balaban J connectivity index is 1.88. The molecule has 0 saturated carbocycles. The van der Waals surface area contributed by atoms with E-state index in [-0.39, 0.29) is 11.5 Å². The standard InChI is InChI=1S/C24H20N8/c1-15-13-28-10-8-19(15)20-22(17-6-4-5-16(11-17)12-25)31-24(27)21(26)23(20)32-30-14-18-7-2-3-9-29-18/h2-11,13,26,30H,14H2,1H3,(H2,27,31)/b26-21?,32-23-. The maximum atomic E-state index is 9.35. The molecule has 0 bridgehead atoms. The maximum absolute atomic E-state index is 9.35. The second-order valence-electron chi connectivity index (χ2n) is 7.10. The third-order valence-corrected chi connectivity index (χ3v) is 4.93. The molecule has 3 aromatic rings. The Bertz CT molecular complexity index is 1310. The number of hydrogen-bond acceptors (Lipinski definition) is 8. The van der Waals surface area contributed by atoms with Crippen LogP contribution in [-0.2, 0) is 6.54 Å². The molecule has 0 radical (unpaired) electrons. The van der Waals surface area contributed by atoms with Crippen molar-refractivity contribution in [3.8, 4) is 6.07 Å². The number of hydrogen-bond donors (Lipinski definition) is 3. The van der Waals surface area contributed by atoms with Gasteiger partial charge in [0, 0.05) is 29.7 Å². The number of aryl methyl sites for hydroxylation is 1. The molecule has 0 fully saturated rings. The molecule has 1 aliphatic rings. The summed E-state index contributed by atoms with van der Waals surface area (Å²) in [6.07, 6.45) is 5.14. The highest BCUT2D eigenvalue weighted by molar-refractivity contribution is 6.77. The number of allylic oxidation sites excluding steroid dienone is 1. The number of nitriles is 1. The highest BCUT2D eigenvalue weighted by Gasteiger charge is 2.28. The molecule has 0 amide bonds. The van der Waals surface area contributed by atoms with E-state index in [2.05, 4.69) is 31.6 Å². The molecule has 4 rings (SSSR count). The zero-order valence-electron chi connectivity index (χ0n) is 17.4. The SMILES string of the molecule is Cc1cnccc1C1=C(c2cccc(C#N)c2)N=C(N)C(=N)/C1=N\NCc1ccccn1. The van der Waals surface area contributed by atoms with Crippen LogP contribution in [0.3, 0.4) is 0 Å². The van der Waals surface area contributed by atoms with Crippen molar-refractivity contribution in [3.63, 3.8) is 0 Å². The Hall–Kier alpha value is -4.64. The van der Waals surface area contributed by atoms with Crippen LogP contribution >= 0.6 is 0 Å².